The van der Waals surface area contributed by atoms with Gasteiger partial charge in [0.15, 0.2) is 13.1 Å². The van der Waals surface area contributed by atoms with Crippen LogP contribution in [0.3, 0.4) is 0 Å². The molecule has 6 heteroatoms. The van der Waals surface area contributed by atoms with E-state index in [2.05, 4.69) is 22.3 Å². The zero-order valence-corrected chi connectivity index (χ0v) is 14.8. The average Bonchev–Trinajstić information content (AvgIpc) is 2.60. The van der Waals surface area contributed by atoms with Crippen LogP contribution in [-0.2, 0) is 9.59 Å². The van der Waals surface area contributed by atoms with Crippen LogP contribution in [0, 0.1) is 0 Å². The Bertz CT molecular complexity index is 527. The second-order valence-electron chi connectivity index (χ2n) is 6.36. The minimum Gasteiger partial charge on any atom is -0.368 e. The predicted octanol–water partition coefficient (Wildman–Crippen LogP) is -0.624. The summed E-state index contributed by atoms with van der Waals surface area (Å²) in [5, 5.41) is 2.85. The molecule has 0 saturated carbocycles. The van der Waals surface area contributed by atoms with Gasteiger partial charge in [0.1, 0.15) is 0 Å². The number of carbonyl (C=O) groups excluding carboxylic acids is 2. The molecule has 1 aliphatic rings. The Morgan fingerprint density at radius 3 is 2.38 bits per heavy atom. The molecule has 0 radical (unpaired) electrons. The third kappa shape index (κ3) is 5.53. The lowest BCUT2D eigenvalue weighted by molar-refractivity contribution is -0.863. The predicted molar refractivity (Wildman–Crippen MR) is 95.2 cm³/mol. The first-order valence-corrected chi connectivity index (χ1v) is 8.76. The van der Waals surface area contributed by atoms with E-state index in [1.54, 1.807) is 0 Å². The van der Waals surface area contributed by atoms with Gasteiger partial charge in [-0.1, -0.05) is 25.1 Å². The van der Waals surface area contributed by atoms with Crippen LogP contribution in [0.2, 0.25) is 0 Å². The van der Waals surface area contributed by atoms with Crippen LogP contribution in [0.1, 0.15) is 13.3 Å². The van der Waals surface area contributed by atoms with Gasteiger partial charge in [-0.15, -0.1) is 0 Å². The molecule has 2 amide bonds. The molecular formula is C18H29N4O2+. The van der Waals surface area contributed by atoms with Gasteiger partial charge < -0.3 is 20.0 Å². The number of likely N-dealkylation sites (N-methyl/N-ethyl adjacent to an activating group) is 1. The number of piperazine rings is 1. The van der Waals surface area contributed by atoms with Gasteiger partial charge in [-0.3, -0.25) is 9.59 Å². The van der Waals surface area contributed by atoms with Crippen molar-refractivity contribution in [2.75, 3.05) is 57.8 Å². The fourth-order valence-corrected chi connectivity index (χ4v) is 2.89. The summed E-state index contributed by atoms with van der Waals surface area (Å²) in [4.78, 5) is 29.3. The summed E-state index contributed by atoms with van der Waals surface area (Å²) < 4.78 is 0. The SMILES string of the molecule is CCCNC(=O)C[NH+](C)CC(=O)N1CCN(c2ccccc2)CC1. The molecule has 1 saturated heterocycles. The van der Waals surface area contributed by atoms with E-state index in [9.17, 15) is 9.59 Å². The number of quaternary nitrogens is 1. The Balaban J connectivity index is 1.73. The number of hydrogen-bond acceptors (Lipinski definition) is 3. The van der Waals surface area contributed by atoms with E-state index in [1.807, 2.05) is 37.1 Å². The average molecular weight is 333 g/mol. The van der Waals surface area contributed by atoms with Crippen LogP contribution >= 0.6 is 0 Å². The number of carbonyl (C=O) groups is 2. The van der Waals surface area contributed by atoms with Gasteiger partial charge in [0.2, 0.25) is 0 Å². The molecule has 6 nitrogen and oxygen atoms in total. The highest BCUT2D eigenvalue weighted by atomic mass is 16.2. The fraction of sp³-hybridized carbons (Fsp3) is 0.556. The van der Waals surface area contributed by atoms with Crippen LogP contribution < -0.4 is 15.1 Å². The largest absolute Gasteiger partial charge is 0.368 e. The number of benzene rings is 1. The summed E-state index contributed by atoms with van der Waals surface area (Å²) in [5.74, 6) is 0.138. The Labute approximate surface area is 144 Å². The number of anilines is 1. The van der Waals surface area contributed by atoms with Crippen molar-refractivity contribution in [2.24, 2.45) is 0 Å². The van der Waals surface area contributed by atoms with E-state index >= 15 is 0 Å². The molecule has 1 unspecified atom stereocenters. The number of nitrogens with zero attached hydrogens (tertiary/aromatic N) is 2. The quantitative estimate of drug-likeness (QED) is 0.699. The lowest BCUT2D eigenvalue weighted by Gasteiger charge is -2.36. The molecule has 1 aromatic carbocycles. The van der Waals surface area contributed by atoms with Crippen molar-refractivity contribution in [1.29, 1.82) is 0 Å². The zero-order chi connectivity index (χ0) is 17.4. The van der Waals surface area contributed by atoms with Crippen molar-refractivity contribution >= 4 is 17.5 Å². The summed E-state index contributed by atoms with van der Waals surface area (Å²) in [5.41, 5.74) is 1.21. The van der Waals surface area contributed by atoms with Gasteiger partial charge in [-0.05, 0) is 18.6 Å². The van der Waals surface area contributed by atoms with Gasteiger partial charge >= 0.3 is 0 Å². The summed E-state index contributed by atoms with van der Waals surface area (Å²) in [7, 11) is 1.89. The third-order valence-corrected chi connectivity index (χ3v) is 4.24. The van der Waals surface area contributed by atoms with Crippen molar-refractivity contribution in [3.8, 4) is 0 Å². The van der Waals surface area contributed by atoms with Gasteiger partial charge in [0.05, 0.1) is 7.05 Å². The first kappa shape index (κ1) is 18.3. The molecule has 2 rings (SSSR count). The fourth-order valence-electron chi connectivity index (χ4n) is 2.89. The van der Waals surface area contributed by atoms with E-state index in [-0.39, 0.29) is 11.8 Å². The first-order valence-electron chi connectivity index (χ1n) is 8.76. The second-order valence-corrected chi connectivity index (χ2v) is 6.36. The molecule has 1 fully saturated rings. The lowest BCUT2D eigenvalue weighted by atomic mass is 10.2. The molecule has 1 atom stereocenters. The lowest BCUT2D eigenvalue weighted by Crippen LogP contribution is -3.11. The summed E-state index contributed by atoms with van der Waals surface area (Å²) >= 11 is 0. The van der Waals surface area contributed by atoms with Crippen molar-refractivity contribution in [2.45, 2.75) is 13.3 Å². The maximum Gasteiger partial charge on any atom is 0.277 e. The zero-order valence-electron chi connectivity index (χ0n) is 14.8. The molecule has 1 heterocycles. The van der Waals surface area contributed by atoms with E-state index in [0.717, 1.165) is 37.5 Å². The number of para-hydroxylation sites is 1. The Hall–Kier alpha value is -2.08. The Morgan fingerprint density at radius 1 is 1.08 bits per heavy atom. The molecule has 0 spiro atoms. The van der Waals surface area contributed by atoms with Crippen LogP contribution in [0.25, 0.3) is 0 Å². The third-order valence-electron chi connectivity index (χ3n) is 4.24. The summed E-state index contributed by atoms with van der Waals surface area (Å²) in [6.07, 6.45) is 0.926. The van der Waals surface area contributed by atoms with Crippen molar-refractivity contribution in [3.05, 3.63) is 30.3 Å². The standard InChI is InChI=1S/C18H28N4O2/c1-3-9-19-17(23)14-20(2)15-18(24)22-12-10-21(11-13-22)16-7-5-4-6-8-16/h4-8H,3,9-15H2,1-2H3,(H,19,23)/p+1. The molecule has 0 aliphatic carbocycles. The normalized spacial score (nSPS) is 15.9. The van der Waals surface area contributed by atoms with E-state index in [1.165, 1.54) is 5.69 Å². The van der Waals surface area contributed by atoms with E-state index in [0.29, 0.717) is 19.6 Å². The van der Waals surface area contributed by atoms with Gasteiger partial charge in [0.25, 0.3) is 11.8 Å². The van der Waals surface area contributed by atoms with Crippen LogP contribution in [0.5, 0.6) is 0 Å². The van der Waals surface area contributed by atoms with Crippen LogP contribution in [0.4, 0.5) is 5.69 Å². The Kier molecular flexibility index (Phi) is 7.06. The molecule has 1 aliphatic heterocycles. The van der Waals surface area contributed by atoms with E-state index < -0.39 is 0 Å². The van der Waals surface area contributed by atoms with Crippen molar-refractivity contribution < 1.29 is 14.5 Å². The van der Waals surface area contributed by atoms with Crippen LogP contribution in [-0.4, -0.2) is 69.6 Å². The smallest absolute Gasteiger partial charge is 0.277 e. The van der Waals surface area contributed by atoms with E-state index in [4.69, 9.17) is 0 Å². The Morgan fingerprint density at radius 2 is 1.75 bits per heavy atom. The number of hydrogen-bond donors (Lipinski definition) is 2. The minimum atomic E-state index is 0.0102. The van der Waals surface area contributed by atoms with Gasteiger partial charge in [-0.25, -0.2) is 0 Å². The van der Waals surface area contributed by atoms with Crippen LogP contribution in [0.15, 0.2) is 30.3 Å². The molecule has 0 bridgehead atoms. The number of rotatable bonds is 7. The maximum atomic E-state index is 12.4. The highest BCUT2D eigenvalue weighted by Crippen LogP contribution is 2.15. The molecular weight excluding hydrogens is 304 g/mol. The summed E-state index contributed by atoms with van der Waals surface area (Å²) in [6, 6.07) is 10.3. The first-order chi connectivity index (χ1) is 11.6. The summed E-state index contributed by atoms with van der Waals surface area (Å²) in [6.45, 7) is 6.61. The number of amides is 2. The molecule has 1 aromatic rings. The highest BCUT2D eigenvalue weighted by Gasteiger charge is 2.24. The topological polar surface area (TPSA) is 57.1 Å². The second kappa shape index (κ2) is 9.27. The van der Waals surface area contributed by atoms with Gasteiger partial charge in [0, 0.05) is 38.4 Å². The maximum absolute atomic E-state index is 12.4. The van der Waals surface area contributed by atoms with Crippen molar-refractivity contribution in [3.63, 3.8) is 0 Å². The molecule has 24 heavy (non-hydrogen) atoms. The highest BCUT2D eigenvalue weighted by molar-refractivity contribution is 5.79. The molecule has 132 valence electrons. The number of nitrogens with one attached hydrogen (secondary N) is 2. The monoisotopic (exact) mass is 333 g/mol. The molecule has 2 N–H and O–H groups in total. The minimum absolute atomic E-state index is 0.0102. The van der Waals surface area contributed by atoms with Crippen molar-refractivity contribution in [1.82, 2.24) is 10.2 Å². The van der Waals surface area contributed by atoms with Gasteiger partial charge in [-0.2, -0.15) is 0 Å². The molecule has 0 aromatic heterocycles.